The number of hydrogen-bond acceptors (Lipinski definition) is 4. The largest absolute Gasteiger partial charge is 0.497 e. The smallest absolute Gasteiger partial charge is 0.341 e. The van der Waals surface area contributed by atoms with Crippen LogP contribution in [0.1, 0.15) is 10.4 Å². The van der Waals surface area contributed by atoms with Crippen molar-refractivity contribution in [3.8, 4) is 5.75 Å². The lowest BCUT2D eigenvalue weighted by atomic mass is 10.2. The Balaban J connectivity index is 1.95. The van der Waals surface area contributed by atoms with Gasteiger partial charge in [-0.1, -0.05) is 11.6 Å². The number of benzene rings is 2. The molecule has 2 rings (SSSR count). The lowest BCUT2D eigenvalue weighted by Gasteiger charge is -2.08. The molecule has 5 nitrogen and oxygen atoms in total. The van der Waals surface area contributed by atoms with Gasteiger partial charge in [0.1, 0.15) is 17.4 Å². The van der Waals surface area contributed by atoms with Crippen LogP contribution in [0.15, 0.2) is 36.4 Å². The maximum Gasteiger partial charge on any atom is 0.341 e. The SMILES string of the molecule is COc1ccc(C(=O)OCC(=O)Nc2ccc(Cl)cc2F)c(F)c1. The molecule has 0 aliphatic heterocycles. The molecule has 0 heterocycles. The summed E-state index contributed by atoms with van der Waals surface area (Å²) in [7, 11) is 1.35. The summed E-state index contributed by atoms with van der Waals surface area (Å²) in [5.41, 5.74) is -0.461. The molecule has 0 radical (unpaired) electrons. The fraction of sp³-hybridized carbons (Fsp3) is 0.125. The number of hydrogen-bond donors (Lipinski definition) is 1. The van der Waals surface area contributed by atoms with Crippen molar-refractivity contribution in [2.45, 2.75) is 0 Å². The number of carbonyl (C=O) groups excluding carboxylic acids is 2. The van der Waals surface area contributed by atoms with Crippen molar-refractivity contribution >= 4 is 29.2 Å². The van der Waals surface area contributed by atoms with E-state index >= 15 is 0 Å². The Kier molecular flexibility index (Phi) is 5.70. The van der Waals surface area contributed by atoms with Gasteiger partial charge in [-0.05, 0) is 30.3 Å². The van der Waals surface area contributed by atoms with Gasteiger partial charge in [0.25, 0.3) is 5.91 Å². The topological polar surface area (TPSA) is 64.6 Å². The van der Waals surface area contributed by atoms with Crippen LogP contribution in [0.25, 0.3) is 0 Å². The summed E-state index contributed by atoms with van der Waals surface area (Å²) in [5, 5.41) is 2.39. The van der Waals surface area contributed by atoms with E-state index < -0.39 is 30.1 Å². The molecular formula is C16H12ClF2NO4. The minimum absolute atomic E-state index is 0.115. The van der Waals surface area contributed by atoms with Crippen LogP contribution in [0.5, 0.6) is 5.75 Å². The van der Waals surface area contributed by atoms with E-state index in [0.717, 1.165) is 12.1 Å². The van der Waals surface area contributed by atoms with Gasteiger partial charge >= 0.3 is 5.97 Å². The van der Waals surface area contributed by atoms with Crippen LogP contribution in [0.3, 0.4) is 0 Å². The quantitative estimate of drug-likeness (QED) is 0.835. The predicted octanol–water partition coefficient (Wildman–Crippen LogP) is 3.42. The molecule has 8 heteroatoms. The van der Waals surface area contributed by atoms with Gasteiger partial charge in [0.2, 0.25) is 0 Å². The third-order valence-corrected chi connectivity index (χ3v) is 3.17. The zero-order chi connectivity index (χ0) is 17.7. The van der Waals surface area contributed by atoms with Crippen LogP contribution in [-0.2, 0) is 9.53 Å². The fourth-order valence-electron chi connectivity index (χ4n) is 1.77. The molecular weight excluding hydrogens is 344 g/mol. The van der Waals surface area contributed by atoms with Gasteiger partial charge in [0, 0.05) is 11.1 Å². The number of anilines is 1. The van der Waals surface area contributed by atoms with Gasteiger partial charge in [0.05, 0.1) is 18.4 Å². The number of halogens is 3. The molecule has 1 N–H and O–H groups in total. The molecule has 2 aromatic carbocycles. The Morgan fingerprint density at radius 2 is 1.88 bits per heavy atom. The Morgan fingerprint density at radius 1 is 1.12 bits per heavy atom. The summed E-state index contributed by atoms with van der Waals surface area (Å²) in [6.45, 7) is -0.702. The number of esters is 1. The Labute approximate surface area is 141 Å². The molecule has 1 amide bonds. The van der Waals surface area contributed by atoms with E-state index in [0.29, 0.717) is 0 Å². The molecule has 0 saturated carbocycles. The first-order chi connectivity index (χ1) is 11.4. The summed E-state index contributed by atoms with van der Waals surface area (Å²) in [6.07, 6.45) is 0. The molecule has 126 valence electrons. The molecule has 0 saturated heterocycles. The molecule has 0 aromatic heterocycles. The zero-order valence-corrected chi connectivity index (χ0v) is 13.2. The first kappa shape index (κ1) is 17.7. The molecule has 0 aliphatic carbocycles. The minimum Gasteiger partial charge on any atom is -0.497 e. The maximum atomic E-state index is 13.7. The second-order valence-corrected chi connectivity index (χ2v) is 5.03. The highest BCUT2D eigenvalue weighted by Gasteiger charge is 2.16. The molecule has 2 aromatic rings. The Hall–Kier alpha value is -2.67. The molecule has 0 spiro atoms. The summed E-state index contributed by atoms with van der Waals surface area (Å²) in [5.74, 6) is -3.15. The first-order valence-corrected chi connectivity index (χ1v) is 7.04. The van der Waals surface area contributed by atoms with Gasteiger partial charge in [-0.15, -0.1) is 0 Å². The van der Waals surface area contributed by atoms with Crippen molar-refractivity contribution in [2.75, 3.05) is 19.0 Å². The lowest BCUT2D eigenvalue weighted by molar-refractivity contribution is -0.119. The lowest BCUT2D eigenvalue weighted by Crippen LogP contribution is -2.21. The zero-order valence-electron chi connectivity index (χ0n) is 12.4. The molecule has 0 unspecified atom stereocenters. The van der Waals surface area contributed by atoms with Gasteiger partial charge < -0.3 is 14.8 Å². The molecule has 24 heavy (non-hydrogen) atoms. The van der Waals surface area contributed by atoms with Crippen molar-refractivity contribution in [1.29, 1.82) is 0 Å². The van der Waals surface area contributed by atoms with Gasteiger partial charge in [-0.2, -0.15) is 0 Å². The monoisotopic (exact) mass is 355 g/mol. The van der Waals surface area contributed by atoms with Crippen LogP contribution in [-0.4, -0.2) is 25.6 Å². The predicted molar refractivity (Wildman–Crippen MR) is 83.3 cm³/mol. The van der Waals surface area contributed by atoms with Crippen LogP contribution in [0.4, 0.5) is 14.5 Å². The highest BCUT2D eigenvalue weighted by Crippen LogP contribution is 2.19. The number of ether oxygens (including phenoxy) is 2. The van der Waals surface area contributed by atoms with E-state index in [2.05, 4.69) is 5.32 Å². The highest BCUT2D eigenvalue weighted by atomic mass is 35.5. The van der Waals surface area contributed by atoms with Crippen LogP contribution in [0.2, 0.25) is 5.02 Å². The third kappa shape index (κ3) is 4.42. The summed E-state index contributed by atoms with van der Waals surface area (Å²) >= 11 is 5.59. The van der Waals surface area contributed by atoms with Crippen LogP contribution >= 0.6 is 11.6 Å². The second-order valence-electron chi connectivity index (χ2n) is 4.59. The van der Waals surface area contributed by atoms with E-state index in [4.69, 9.17) is 21.1 Å². The van der Waals surface area contributed by atoms with E-state index in [1.54, 1.807) is 0 Å². The minimum atomic E-state index is -1.03. The Morgan fingerprint density at radius 3 is 2.50 bits per heavy atom. The van der Waals surface area contributed by atoms with E-state index in [1.807, 2.05) is 0 Å². The number of rotatable bonds is 5. The van der Waals surface area contributed by atoms with Crippen LogP contribution < -0.4 is 10.1 Å². The van der Waals surface area contributed by atoms with E-state index in [1.165, 1.54) is 31.4 Å². The fourth-order valence-corrected chi connectivity index (χ4v) is 1.93. The van der Waals surface area contributed by atoms with Crippen molar-refractivity contribution < 1.29 is 27.8 Å². The normalized spacial score (nSPS) is 10.2. The van der Waals surface area contributed by atoms with Gasteiger partial charge in [-0.25, -0.2) is 13.6 Å². The summed E-state index contributed by atoms with van der Waals surface area (Å²) in [6, 6.07) is 7.24. The first-order valence-electron chi connectivity index (χ1n) is 6.66. The number of methoxy groups -OCH3 is 1. The average molecular weight is 356 g/mol. The van der Waals surface area contributed by atoms with Crippen LogP contribution in [0, 0.1) is 11.6 Å². The second kappa shape index (κ2) is 7.74. The number of nitrogens with one attached hydrogen (secondary N) is 1. The Bertz CT molecular complexity index is 783. The number of carbonyl (C=O) groups is 2. The van der Waals surface area contributed by atoms with E-state index in [-0.39, 0.29) is 22.0 Å². The van der Waals surface area contributed by atoms with Crippen molar-refractivity contribution in [3.05, 3.63) is 58.6 Å². The van der Waals surface area contributed by atoms with Gasteiger partial charge in [-0.3, -0.25) is 4.79 Å². The molecule has 0 aliphatic rings. The molecule has 0 bridgehead atoms. The van der Waals surface area contributed by atoms with Crippen molar-refractivity contribution in [3.63, 3.8) is 0 Å². The van der Waals surface area contributed by atoms with Gasteiger partial charge in [0.15, 0.2) is 6.61 Å². The molecule has 0 atom stereocenters. The standard InChI is InChI=1S/C16H12ClF2NO4/c1-23-10-3-4-11(12(18)7-10)16(22)24-8-15(21)20-14-5-2-9(17)6-13(14)19/h2-7H,8H2,1H3,(H,20,21). The molecule has 0 fully saturated rings. The maximum absolute atomic E-state index is 13.7. The summed E-state index contributed by atoms with van der Waals surface area (Å²) < 4.78 is 36.7. The number of amides is 1. The van der Waals surface area contributed by atoms with Crippen molar-refractivity contribution in [1.82, 2.24) is 0 Å². The third-order valence-electron chi connectivity index (χ3n) is 2.94. The average Bonchev–Trinajstić information content (AvgIpc) is 2.55. The van der Waals surface area contributed by atoms with Crippen molar-refractivity contribution in [2.24, 2.45) is 0 Å². The highest BCUT2D eigenvalue weighted by molar-refractivity contribution is 6.30. The van der Waals surface area contributed by atoms with E-state index in [9.17, 15) is 18.4 Å². The summed E-state index contributed by atoms with van der Waals surface area (Å²) in [4.78, 5) is 23.4.